The molecule has 19 heavy (non-hydrogen) atoms. The van der Waals surface area contributed by atoms with Gasteiger partial charge in [0.2, 0.25) is 0 Å². The molecule has 0 aliphatic heterocycles. The minimum atomic E-state index is -0.872. The van der Waals surface area contributed by atoms with Crippen LogP contribution >= 0.6 is 0 Å². The van der Waals surface area contributed by atoms with E-state index in [1.54, 1.807) is 0 Å². The average molecular weight is 262 g/mol. The van der Waals surface area contributed by atoms with Gasteiger partial charge in [0.25, 0.3) is 0 Å². The molecular weight excluding hydrogens is 244 g/mol. The summed E-state index contributed by atoms with van der Waals surface area (Å²) >= 11 is 0. The highest BCUT2D eigenvalue weighted by atomic mass is 16.5. The molecule has 0 fully saturated rings. The number of aromatic nitrogens is 2. The third kappa shape index (κ3) is 2.86. The first kappa shape index (κ1) is 13.4. The fraction of sp³-hybridized carbons (Fsp3) is 0.429. The molecule has 2 aromatic rings. The minimum absolute atomic E-state index is 0.0666. The number of aliphatic carboxylic acids is 1. The second-order valence-corrected chi connectivity index (χ2v) is 4.66. The molecule has 0 bridgehead atoms. The second kappa shape index (κ2) is 5.30. The van der Waals surface area contributed by atoms with Crippen molar-refractivity contribution < 1.29 is 14.6 Å². The summed E-state index contributed by atoms with van der Waals surface area (Å²) in [6, 6.07) is 5.67. The maximum Gasteiger partial charge on any atom is 0.311 e. The lowest BCUT2D eigenvalue weighted by Gasteiger charge is -2.09. The number of aryl methyl sites for hydroxylation is 1. The molecule has 102 valence electrons. The van der Waals surface area contributed by atoms with Gasteiger partial charge in [0.05, 0.1) is 17.1 Å². The number of carboxylic acids is 1. The monoisotopic (exact) mass is 262 g/mol. The molecule has 1 aromatic carbocycles. The Hall–Kier alpha value is -2.04. The van der Waals surface area contributed by atoms with Crippen molar-refractivity contribution in [2.24, 2.45) is 0 Å². The maximum atomic E-state index is 10.8. The minimum Gasteiger partial charge on any atom is -0.491 e. The first-order chi connectivity index (χ1) is 9.01. The fourth-order valence-corrected chi connectivity index (χ4v) is 2.13. The number of rotatable bonds is 5. The molecule has 1 N–H and O–H groups in total. The normalized spacial score (nSPS) is 11.2. The standard InChI is InChI=1S/C14H18N2O3/c1-4-16-12-6-5-10(19-9(2)3)7-11(12)15-13(16)8-14(17)18/h5-7,9H,4,8H2,1-3H3,(H,17,18). The lowest BCUT2D eigenvalue weighted by Crippen LogP contribution is -2.08. The van der Waals surface area contributed by atoms with Crippen LogP contribution in [0.15, 0.2) is 18.2 Å². The van der Waals surface area contributed by atoms with Crippen molar-refractivity contribution in [3.8, 4) is 5.75 Å². The first-order valence-corrected chi connectivity index (χ1v) is 6.39. The predicted octanol–water partition coefficient (Wildman–Crippen LogP) is 2.47. The molecule has 5 heteroatoms. The van der Waals surface area contributed by atoms with E-state index in [1.165, 1.54) is 0 Å². The number of fused-ring (bicyclic) bond motifs is 1. The van der Waals surface area contributed by atoms with Crippen LogP contribution in [0.1, 0.15) is 26.6 Å². The average Bonchev–Trinajstić information content (AvgIpc) is 2.63. The molecular formula is C14H18N2O3. The number of benzene rings is 1. The van der Waals surface area contributed by atoms with Crippen LogP contribution in [0.5, 0.6) is 5.75 Å². The Morgan fingerprint density at radius 2 is 2.21 bits per heavy atom. The van der Waals surface area contributed by atoms with Gasteiger partial charge in [0.1, 0.15) is 18.0 Å². The molecule has 0 saturated carbocycles. The number of imidazole rings is 1. The van der Waals surface area contributed by atoms with E-state index in [9.17, 15) is 4.79 Å². The van der Waals surface area contributed by atoms with Gasteiger partial charge >= 0.3 is 5.97 Å². The summed E-state index contributed by atoms with van der Waals surface area (Å²) in [7, 11) is 0. The highest BCUT2D eigenvalue weighted by molar-refractivity contribution is 5.79. The topological polar surface area (TPSA) is 64.4 Å². The molecule has 1 heterocycles. The zero-order valence-corrected chi connectivity index (χ0v) is 11.4. The largest absolute Gasteiger partial charge is 0.491 e. The van der Waals surface area contributed by atoms with E-state index in [1.807, 2.05) is 43.5 Å². The lowest BCUT2D eigenvalue weighted by atomic mass is 10.3. The van der Waals surface area contributed by atoms with Crippen molar-refractivity contribution in [3.05, 3.63) is 24.0 Å². The van der Waals surface area contributed by atoms with Crippen molar-refractivity contribution in [3.63, 3.8) is 0 Å². The quantitative estimate of drug-likeness (QED) is 0.899. The third-order valence-corrected chi connectivity index (χ3v) is 2.80. The summed E-state index contributed by atoms with van der Waals surface area (Å²) in [4.78, 5) is 15.2. The van der Waals surface area contributed by atoms with Gasteiger partial charge < -0.3 is 14.4 Å². The van der Waals surface area contributed by atoms with Crippen LogP contribution in [0.4, 0.5) is 0 Å². The van der Waals surface area contributed by atoms with E-state index in [0.29, 0.717) is 12.4 Å². The molecule has 0 spiro atoms. The van der Waals surface area contributed by atoms with Crippen molar-refractivity contribution in [1.29, 1.82) is 0 Å². The molecule has 2 rings (SSSR count). The van der Waals surface area contributed by atoms with E-state index >= 15 is 0 Å². The summed E-state index contributed by atoms with van der Waals surface area (Å²) in [5.41, 5.74) is 1.71. The van der Waals surface area contributed by atoms with E-state index < -0.39 is 5.97 Å². The van der Waals surface area contributed by atoms with Crippen LogP contribution in [-0.2, 0) is 17.8 Å². The summed E-state index contributed by atoms with van der Waals surface area (Å²) in [6.07, 6.45) is 0.0345. The summed E-state index contributed by atoms with van der Waals surface area (Å²) in [5, 5.41) is 8.91. The first-order valence-electron chi connectivity index (χ1n) is 6.39. The van der Waals surface area contributed by atoms with Crippen LogP contribution in [0.3, 0.4) is 0 Å². The molecule has 0 amide bonds. The van der Waals surface area contributed by atoms with Gasteiger partial charge in [-0.15, -0.1) is 0 Å². The van der Waals surface area contributed by atoms with Gasteiger partial charge in [-0.2, -0.15) is 0 Å². The van der Waals surface area contributed by atoms with Crippen molar-refractivity contribution in [2.75, 3.05) is 0 Å². The summed E-state index contributed by atoms with van der Waals surface area (Å²) in [6.45, 7) is 6.60. The van der Waals surface area contributed by atoms with Gasteiger partial charge in [-0.05, 0) is 32.9 Å². The number of carboxylic acid groups (broad SMARTS) is 1. The van der Waals surface area contributed by atoms with Crippen LogP contribution in [0, 0.1) is 0 Å². The summed E-state index contributed by atoms with van der Waals surface area (Å²) < 4.78 is 7.54. The van der Waals surface area contributed by atoms with E-state index in [2.05, 4.69) is 4.98 Å². The van der Waals surface area contributed by atoms with Gasteiger partial charge in [0, 0.05) is 12.6 Å². The third-order valence-electron chi connectivity index (χ3n) is 2.80. The predicted molar refractivity (Wildman–Crippen MR) is 72.5 cm³/mol. The Labute approximate surface area is 111 Å². The van der Waals surface area contributed by atoms with E-state index in [4.69, 9.17) is 9.84 Å². The zero-order chi connectivity index (χ0) is 14.0. The summed E-state index contributed by atoms with van der Waals surface area (Å²) in [5.74, 6) is 0.459. The molecule has 0 atom stereocenters. The smallest absolute Gasteiger partial charge is 0.311 e. The van der Waals surface area contributed by atoms with Gasteiger partial charge in [-0.1, -0.05) is 0 Å². The van der Waals surface area contributed by atoms with Crippen LogP contribution in [-0.4, -0.2) is 26.7 Å². The Morgan fingerprint density at radius 3 is 2.79 bits per heavy atom. The highest BCUT2D eigenvalue weighted by Crippen LogP contribution is 2.23. The molecule has 0 aliphatic rings. The number of hydrogen-bond acceptors (Lipinski definition) is 3. The van der Waals surface area contributed by atoms with Crippen LogP contribution in [0.2, 0.25) is 0 Å². The Bertz CT molecular complexity index is 602. The van der Waals surface area contributed by atoms with Crippen LogP contribution < -0.4 is 4.74 Å². The van der Waals surface area contributed by atoms with Gasteiger partial charge in [-0.25, -0.2) is 4.98 Å². The number of carbonyl (C=O) groups is 1. The molecule has 0 unspecified atom stereocenters. The molecule has 1 aromatic heterocycles. The van der Waals surface area contributed by atoms with E-state index in [-0.39, 0.29) is 12.5 Å². The van der Waals surface area contributed by atoms with Gasteiger partial charge in [-0.3, -0.25) is 4.79 Å². The van der Waals surface area contributed by atoms with Crippen molar-refractivity contribution in [2.45, 2.75) is 39.8 Å². The van der Waals surface area contributed by atoms with E-state index in [0.717, 1.165) is 16.8 Å². The maximum absolute atomic E-state index is 10.8. The van der Waals surface area contributed by atoms with Crippen LogP contribution in [0.25, 0.3) is 11.0 Å². The highest BCUT2D eigenvalue weighted by Gasteiger charge is 2.13. The Kier molecular flexibility index (Phi) is 3.74. The van der Waals surface area contributed by atoms with Crippen molar-refractivity contribution in [1.82, 2.24) is 9.55 Å². The lowest BCUT2D eigenvalue weighted by molar-refractivity contribution is -0.136. The zero-order valence-electron chi connectivity index (χ0n) is 11.4. The molecule has 0 saturated heterocycles. The molecule has 0 aliphatic carbocycles. The second-order valence-electron chi connectivity index (χ2n) is 4.66. The fourth-order valence-electron chi connectivity index (χ4n) is 2.13. The number of hydrogen-bond donors (Lipinski definition) is 1. The Morgan fingerprint density at radius 1 is 1.47 bits per heavy atom. The molecule has 0 radical (unpaired) electrons. The van der Waals surface area contributed by atoms with Crippen molar-refractivity contribution >= 4 is 17.0 Å². The number of ether oxygens (including phenoxy) is 1. The number of nitrogens with zero attached hydrogens (tertiary/aromatic N) is 2. The SMILES string of the molecule is CCn1c(CC(=O)O)nc2cc(OC(C)C)ccc21. The molecule has 5 nitrogen and oxygen atoms in total. The Balaban J connectivity index is 2.46. The van der Waals surface area contributed by atoms with Gasteiger partial charge in [0.15, 0.2) is 0 Å².